The summed E-state index contributed by atoms with van der Waals surface area (Å²) in [5, 5.41) is 9.79. The van der Waals surface area contributed by atoms with Crippen LogP contribution in [0.3, 0.4) is 0 Å². The molecule has 2 aromatic rings. The number of benzene rings is 1. The van der Waals surface area contributed by atoms with Gasteiger partial charge in [-0.05, 0) is 12.1 Å². The summed E-state index contributed by atoms with van der Waals surface area (Å²) in [6, 6.07) is 4.76. The van der Waals surface area contributed by atoms with E-state index in [4.69, 9.17) is 10.2 Å². The van der Waals surface area contributed by atoms with E-state index in [2.05, 4.69) is 0 Å². The molecule has 0 fully saturated rings. The van der Waals surface area contributed by atoms with Crippen LogP contribution in [0.25, 0.3) is 11.0 Å². The second-order valence-corrected chi connectivity index (χ2v) is 2.66. The minimum absolute atomic E-state index is 0.0000463. The number of phenols is 1. The van der Waals surface area contributed by atoms with E-state index in [0.717, 1.165) is 0 Å². The molecule has 1 heterocycles. The summed E-state index contributed by atoms with van der Waals surface area (Å²) in [6.07, 6.45) is 1.24. The Labute approximate surface area is 73.6 Å². The first-order chi connectivity index (χ1) is 6.20. The third-order valence-electron chi connectivity index (χ3n) is 1.84. The smallest absolute Gasteiger partial charge is 0.252 e. The van der Waals surface area contributed by atoms with E-state index in [1.165, 1.54) is 12.3 Å². The highest BCUT2D eigenvalue weighted by Gasteiger charge is 2.13. The fourth-order valence-electron chi connectivity index (χ4n) is 1.25. The van der Waals surface area contributed by atoms with Crippen molar-refractivity contribution in [1.29, 1.82) is 0 Å². The molecule has 66 valence electrons. The van der Waals surface area contributed by atoms with Crippen LogP contribution in [0.15, 0.2) is 28.9 Å². The van der Waals surface area contributed by atoms with Crippen LogP contribution < -0.4 is 5.73 Å². The Morgan fingerprint density at radius 2 is 2.23 bits per heavy atom. The van der Waals surface area contributed by atoms with Crippen molar-refractivity contribution in [3.63, 3.8) is 0 Å². The van der Waals surface area contributed by atoms with E-state index in [1.807, 2.05) is 0 Å². The molecule has 0 radical (unpaired) electrons. The Hall–Kier alpha value is -1.97. The van der Waals surface area contributed by atoms with Gasteiger partial charge < -0.3 is 15.3 Å². The van der Waals surface area contributed by atoms with Crippen LogP contribution in [-0.2, 0) is 0 Å². The van der Waals surface area contributed by atoms with Gasteiger partial charge in [0.2, 0.25) is 0 Å². The molecular weight excluding hydrogens is 170 g/mol. The first-order valence-corrected chi connectivity index (χ1v) is 3.69. The maximum Gasteiger partial charge on any atom is 0.252 e. The normalized spacial score (nSPS) is 10.5. The van der Waals surface area contributed by atoms with E-state index in [0.29, 0.717) is 11.0 Å². The molecule has 0 saturated heterocycles. The van der Waals surface area contributed by atoms with Gasteiger partial charge in [-0.1, -0.05) is 6.07 Å². The summed E-state index contributed by atoms with van der Waals surface area (Å²) < 4.78 is 5.03. The molecule has 0 saturated carbocycles. The Kier molecular flexibility index (Phi) is 1.48. The molecule has 13 heavy (non-hydrogen) atoms. The predicted molar refractivity (Wildman–Crippen MR) is 46.4 cm³/mol. The number of furan rings is 1. The Morgan fingerprint density at radius 3 is 2.92 bits per heavy atom. The summed E-state index contributed by atoms with van der Waals surface area (Å²) >= 11 is 0. The quantitative estimate of drug-likeness (QED) is 0.687. The van der Waals surface area contributed by atoms with Crippen molar-refractivity contribution < 1.29 is 14.3 Å². The molecule has 3 N–H and O–H groups in total. The monoisotopic (exact) mass is 177 g/mol. The lowest BCUT2D eigenvalue weighted by Crippen LogP contribution is -2.09. The van der Waals surface area contributed by atoms with Crippen LogP contribution in [0.1, 0.15) is 10.4 Å². The molecule has 1 aromatic carbocycles. The van der Waals surface area contributed by atoms with Crippen molar-refractivity contribution in [2.24, 2.45) is 5.73 Å². The van der Waals surface area contributed by atoms with Crippen molar-refractivity contribution in [1.82, 2.24) is 0 Å². The van der Waals surface area contributed by atoms with Crippen LogP contribution >= 0.6 is 0 Å². The number of rotatable bonds is 1. The number of primary amides is 1. The number of nitrogens with two attached hydrogens (primary N) is 1. The third-order valence-corrected chi connectivity index (χ3v) is 1.84. The van der Waals surface area contributed by atoms with E-state index >= 15 is 0 Å². The first kappa shape index (κ1) is 7.67. The molecule has 0 bridgehead atoms. The van der Waals surface area contributed by atoms with Crippen LogP contribution in [0.5, 0.6) is 5.75 Å². The fraction of sp³-hybridized carbons (Fsp3) is 0. The molecule has 0 aliphatic heterocycles. The van der Waals surface area contributed by atoms with Gasteiger partial charge in [-0.15, -0.1) is 0 Å². The summed E-state index contributed by atoms with van der Waals surface area (Å²) in [4.78, 5) is 10.9. The van der Waals surface area contributed by atoms with Crippen LogP contribution in [0.2, 0.25) is 0 Å². The maximum atomic E-state index is 10.9. The van der Waals surface area contributed by atoms with E-state index < -0.39 is 5.91 Å². The predicted octanol–water partition coefficient (Wildman–Crippen LogP) is 1.24. The van der Waals surface area contributed by atoms with E-state index in [1.54, 1.807) is 12.1 Å². The summed E-state index contributed by atoms with van der Waals surface area (Å²) in [5.74, 6) is -0.611. The summed E-state index contributed by atoms with van der Waals surface area (Å²) in [7, 11) is 0. The molecule has 2 rings (SSSR count). The average molecular weight is 177 g/mol. The lowest BCUT2D eigenvalue weighted by molar-refractivity contribution is 0.100. The van der Waals surface area contributed by atoms with Gasteiger partial charge in [-0.3, -0.25) is 4.79 Å². The number of hydrogen-bond acceptors (Lipinski definition) is 3. The highest BCUT2D eigenvalue weighted by molar-refractivity contribution is 6.07. The second-order valence-electron chi connectivity index (χ2n) is 2.66. The Balaban J connectivity index is 2.86. The molecule has 0 aliphatic rings. The minimum Gasteiger partial charge on any atom is -0.507 e. The van der Waals surface area contributed by atoms with E-state index in [-0.39, 0.29) is 11.3 Å². The average Bonchev–Trinajstić information content (AvgIpc) is 2.49. The van der Waals surface area contributed by atoms with Crippen molar-refractivity contribution in [2.75, 3.05) is 0 Å². The standard InChI is InChI=1S/C9H7NO3/c10-9(12)5-4-13-7-3-1-2-6(11)8(5)7/h1-4,11H,(H2,10,12). The number of amides is 1. The topological polar surface area (TPSA) is 76.5 Å². The molecule has 4 heteroatoms. The summed E-state index contributed by atoms with van der Waals surface area (Å²) in [6.45, 7) is 0. The Bertz CT molecular complexity index is 473. The zero-order valence-electron chi connectivity index (χ0n) is 6.65. The van der Waals surface area contributed by atoms with Gasteiger partial charge >= 0.3 is 0 Å². The number of fused-ring (bicyclic) bond motifs is 1. The summed E-state index contributed by atoms with van der Waals surface area (Å²) in [5.41, 5.74) is 5.74. The number of aromatic hydroxyl groups is 1. The first-order valence-electron chi connectivity index (χ1n) is 3.69. The highest BCUT2D eigenvalue weighted by atomic mass is 16.3. The van der Waals surface area contributed by atoms with Crippen molar-refractivity contribution in [3.8, 4) is 5.75 Å². The van der Waals surface area contributed by atoms with Gasteiger partial charge in [-0.2, -0.15) is 0 Å². The number of phenolic OH excluding ortho intramolecular Hbond substituents is 1. The van der Waals surface area contributed by atoms with Gasteiger partial charge in [0.15, 0.2) is 0 Å². The second kappa shape index (κ2) is 2.52. The Morgan fingerprint density at radius 1 is 1.46 bits per heavy atom. The van der Waals surface area contributed by atoms with Crippen molar-refractivity contribution in [2.45, 2.75) is 0 Å². The van der Waals surface area contributed by atoms with Crippen molar-refractivity contribution in [3.05, 3.63) is 30.0 Å². The van der Waals surface area contributed by atoms with Gasteiger partial charge in [-0.25, -0.2) is 0 Å². The number of carbonyl (C=O) groups excluding carboxylic acids is 1. The molecule has 0 atom stereocenters. The highest BCUT2D eigenvalue weighted by Crippen LogP contribution is 2.28. The molecule has 0 aliphatic carbocycles. The van der Waals surface area contributed by atoms with Crippen LogP contribution in [-0.4, -0.2) is 11.0 Å². The lowest BCUT2D eigenvalue weighted by atomic mass is 10.1. The fourth-order valence-corrected chi connectivity index (χ4v) is 1.25. The van der Waals surface area contributed by atoms with Gasteiger partial charge in [0.05, 0.1) is 10.9 Å². The van der Waals surface area contributed by atoms with Crippen LogP contribution in [0.4, 0.5) is 0 Å². The zero-order chi connectivity index (χ0) is 9.42. The third kappa shape index (κ3) is 1.03. The molecule has 1 amide bonds. The minimum atomic E-state index is -0.611. The van der Waals surface area contributed by atoms with Crippen molar-refractivity contribution >= 4 is 16.9 Å². The van der Waals surface area contributed by atoms with Gasteiger partial charge in [0, 0.05) is 0 Å². The number of hydrogen-bond donors (Lipinski definition) is 2. The molecule has 0 spiro atoms. The largest absolute Gasteiger partial charge is 0.507 e. The van der Waals surface area contributed by atoms with Gasteiger partial charge in [0.1, 0.15) is 17.6 Å². The SMILES string of the molecule is NC(=O)c1coc2cccc(O)c12. The zero-order valence-corrected chi connectivity index (χ0v) is 6.65. The van der Waals surface area contributed by atoms with Crippen LogP contribution in [0, 0.1) is 0 Å². The maximum absolute atomic E-state index is 10.9. The lowest BCUT2D eigenvalue weighted by Gasteiger charge is -1.94. The van der Waals surface area contributed by atoms with Gasteiger partial charge in [0.25, 0.3) is 5.91 Å². The van der Waals surface area contributed by atoms with E-state index in [9.17, 15) is 9.90 Å². The number of carbonyl (C=O) groups is 1. The molecule has 1 aromatic heterocycles. The molecule has 0 unspecified atom stereocenters. The molecule has 4 nitrogen and oxygen atoms in total. The molecular formula is C9H7NO3.